The highest BCUT2D eigenvalue weighted by Crippen LogP contribution is 2.26. The first kappa shape index (κ1) is 15.2. The van der Waals surface area contributed by atoms with E-state index >= 15 is 0 Å². The van der Waals surface area contributed by atoms with Gasteiger partial charge in [0.2, 0.25) is 0 Å². The molecule has 1 heterocycles. The molecule has 0 aliphatic carbocycles. The van der Waals surface area contributed by atoms with Crippen molar-refractivity contribution >= 4 is 11.3 Å². The van der Waals surface area contributed by atoms with E-state index in [2.05, 4.69) is 48.6 Å². The molecule has 20 heavy (non-hydrogen) atoms. The van der Waals surface area contributed by atoms with Crippen LogP contribution >= 0.6 is 11.3 Å². The number of methoxy groups -OCH3 is 1. The quantitative estimate of drug-likeness (QED) is 0.836. The van der Waals surface area contributed by atoms with E-state index in [1.807, 2.05) is 24.5 Å². The lowest BCUT2D eigenvalue weighted by molar-refractivity contribution is 0.0706. The topological polar surface area (TPSA) is 21.3 Å². The molecule has 2 nitrogen and oxygen atoms in total. The van der Waals surface area contributed by atoms with Crippen molar-refractivity contribution in [1.82, 2.24) is 5.32 Å². The van der Waals surface area contributed by atoms with Gasteiger partial charge in [-0.05, 0) is 37.6 Å². The van der Waals surface area contributed by atoms with Gasteiger partial charge in [-0.15, -0.1) is 11.3 Å². The Bertz CT molecular complexity index is 509. The first-order valence-corrected chi connectivity index (χ1v) is 7.92. The second-order valence-electron chi connectivity index (χ2n) is 4.89. The van der Waals surface area contributed by atoms with Crippen LogP contribution in [0.5, 0.6) is 0 Å². The Balaban J connectivity index is 2.13. The van der Waals surface area contributed by atoms with Crippen molar-refractivity contribution in [2.75, 3.05) is 14.2 Å². The molecule has 0 bridgehead atoms. The molecule has 0 amide bonds. The van der Waals surface area contributed by atoms with Crippen molar-refractivity contribution < 1.29 is 4.74 Å². The Kier molecular flexibility index (Phi) is 5.77. The van der Waals surface area contributed by atoms with Crippen LogP contribution in [0.4, 0.5) is 0 Å². The van der Waals surface area contributed by atoms with Crippen LogP contribution in [0.25, 0.3) is 0 Å². The lowest BCUT2D eigenvalue weighted by Gasteiger charge is -2.25. The van der Waals surface area contributed by atoms with Crippen molar-refractivity contribution in [3.63, 3.8) is 0 Å². The van der Waals surface area contributed by atoms with Crippen LogP contribution in [0.3, 0.4) is 0 Å². The average Bonchev–Trinajstić information content (AvgIpc) is 2.96. The Morgan fingerprint density at radius 3 is 2.35 bits per heavy atom. The molecular weight excluding hydrogens is 266 g/mol. The fraction of sp³-hybridized carbons (Fsp3) is 0.412. The monoisotopic (exact) mass is 289 g/mol. The van der Waals surface area contributed by atoms with E-state index in [0.717, 1.165) is 12.8 Å². The lowest BCUT2D eigenvalue weighted by Crippen LogP contribution is -2.35. The highest BCUT2D eigenvalue weighted by atomic mass is 32.1. The van der Waals surface area contributed by atoms with Gasteiger partial charge in [-0.25, -0.2) is 0 Å². The molecule has 0 radical (unpaired) electrons. The molecule has 1 N–H and O–H groups in total. The number of aryl methyl sites for hydroxylation is 1. The molecule has 0 spiro atoms. The highest BCUT2D eigenvalue weighted by molar-refractivity contribution is 7.11. The lowest BCUT2D eigenvalue weighted by atomic mass is 9.99. The maximum absolute atomic E-state index is 5.74. The van der Waals surface area contributed by atoms with Gasteiger partial charge in [0.1, 0.15) is 0 Å². The standard InChI is InChI=1S/C17H23NOS/c1-4-14-10-11-15(20-14)12-16(18-2)17(19-3)13-8-6-5-7-9-13/h5-11,16-18H,4,12H2,1-3H3. The van der Waals surface area contributed by atoms with Gasteiger partial charge < -0.3 is 10.1 Å². The van der Waals surface area contributed by atoms with Crippen molar-refractivity contribution in [3.8, 4) is 0 Å². The summed E-state index contributed by atoms with van der Waals surface area (Å²) in [5.74, 6) is 0. The van der Waals surface area contributed by atoms with Crippen molar-refractivity contribution in [3.05, 3.63) is 57.8 Å². The van der Waals surface area contributed by atoms with Crippen molar-refractivity contribution in [2.45, 2.75) is 31.9 Å². The summed E-state index contributed by atoms with van der Waals surface area (Å²) in [7, 11) is 3.79. The normalized spacial score (nSPS) is 14.2. The second kappa shape index (κ2) is 7.58. The molecule has 0 saturated heterocycles. The number of benzene rings is 1. The van der Waals surface area contributed by atoms with Crippen LogP contribution in [0, 0.1) is 0 Å². The largest absolute Gasteiger partial charge is 0.375 e. The van der Waals surface area contributed by atoms with Gasteiger partial charge in [0.25, 0.3) is 0 Å². The van der Waals surface area contributed by atoms with E-state index in [0.29, 0.717) is 0 Å². The van der Waals surface area contributed by atoms with Gasteiger partial charge in [-0.3, -0.25) is 0 Å². The number of hydrogen-bond acceptors (Lipinski definition) is 3. The summed E-state index contributed by atoms with van der Waals surface area (Å²) in [5.41, 5.74) is 1.22. The number of thiophene rings is 1. The molecule has 0 saturated carbocycles. The number of likely N-dealkylation sites (N-methyl/N-ethyl adjacent to an activating group) is 1. The Labute approximate surface area is 125 Å². The summed E-state index contributed by atoms with van der Waals surface area (Å²) >= 11 is 1.90. The van der Waals surface area contributed by atoms with Gasteiger partial charge in [-0.1, -0.05) is 37.3 Å². The third-order valence-electron chi connectivity index (χ3n) is 3.61. The molecule has 2 aromatic rings. The summed E-state index contributed by atoms with van der Waals surface area (Å²) in [5, 5.41) is 3.41. The minimum absolute atomic E-state index is 0.0772. The molecule has 108 valence electrons. The zero-order chi connectivity index (χ0) is 14.4. The molecular formula is C17H23NOS. The van der Waals surface area contributed by atoms with Gasteiger partial charge in [0.15, 0.2) is 0 Å². The molecule has 0 aliphatic rings. The fourth-order valence-electron chi connectivity index (χ4n) is 2.47. The van der Waals surface area contributed by atoms with E-state index in [4.69, 9.17) is 4.74 Å². The molecule has 0 fully saturated rings. The van der Waals surface area contributed by atoms with Crippen LogP contribution in [0.15, 0.2) is 42.5 Å². The van der Waals surface area contributed by atoms with Crippen LogP contribution < -0.4 is 5.32 Å². The first-order chi connectivity index (χ1) is 9.78. The van der Waals surface area contributed by atoms with Gasteiger partial charge in [0.05, 0.1) is 6.10 Å². The molecule has 1 aromatic carbocycles. The maximum Gasteiger partial charge on any atom is 0.0977 e. The van der Waals surface area contributed by atoms with Crippen LogP contribution in [0.1, 0.15) is 28.3 Å². The van der Waals surface area contributed by atoms with Crippen LogP contribution in [0.2, 0.25) is 0 Å². The highest BCUT2D eigenvalue weighted by Gasteiger charge is 2.22. The fourth-order valence-corrected chi connectivity index (χ4v) is 3.49. The van der Waals surface area contributed by atoms with Crippen molar-refractivity contribution in [2.24, 2.45) is 0 Å². The summed E-state index contributed by atoms with van der Waals surface area (Å²) in [6.45, 7) is 2.20. The number of nitrogens with one attached hydrogen (secondary N) is 1. The molecule has 3 heteroatoms. The zero-order valence-electron chi connectivity index (χ0n) is 12.4. The number of ether oxygens (including phenoxy) is 1. The van der Waals surface area contributed by atoms with Crippen LogP contribution in [-0.4, -0.2) is 20.2 Å². The zero-order valence-corrected chi connectivity index (χ0v) is 13.2. The molecule has 2 rings (SSSR count). The maximum atomic E-state index is 5.74. The third-order valence-corrected chi connectivity index (χ3v) is 4.86. The van der Waals surface area contributed by atoms with Gasteiger partial charge in [-0.2, -0.15) is 0 Å². The second-order valence-corrected chi connectivity index (χ2v) is 6.14. The number of hydrogen-bond donors (Lipinski definition) is 1. The predicted octanol–water partition coefficient (Wildman–Crippen LogP) is 3.83. The Hall–Kier alpha value is -1.16. The third kappa shape index (κ3) is 3.69. The van der Waals surface area contributed by atoms with Gasteiger partial charge in [0, 0.05) is 22.9 Å². The Morgan fingerprint density at radius 2 is 1.80 bits per heavy atom. The summed E-state index contributed by atoms with van der Waals surface area (Å²) in [6.07, 6.45) is 2.18. The van der Waals surface area contributed by atoms with Crippen molar-refractivity contribution in [1.29, 1.82) is 0 Å². The van der Waals surface area contributed by atoms with E-state index in [9.17, 15) is 0 Å². The summed E-state index contributed by atoms with van der Waals surface area (Å²) in [6, 6.07) is 15.2. The number of rotatable bonds is 7. The van der Waals surface area contributed by atoms with E-state index in [-0.39, 0.29) is 12.1 Å². The minimum Gasteiger partial charge on any atom is -0.375 e. The minimum atomic E-state index is 0.0772. The first-order valence-electron chi connectivity index (χ1n) is 7.11. The van der Waals surface area contributed by atoms with E-state index in [1.54, 1.807) is 7.11 Å². The summed E-state index contributed by atoms with van der Waals surface area (Å²) in [4.78, 5) is 2.86. The van der Waals surface area contributed by atoms with E-state index < -0.39 is 0 Å². The average molecular weight is 289 g/mol. The predicted molar refractivity (Wildman–Crippen MR) is 86.4 cm³/mol. The Morgan fingerprint density at radius 1 is 1.10 bits per heavy atom. The molecule has 1 aromatic heterocycles. The SMILES string of the molecule is CCc1ccc(CC(NC)C(OC)c2ccccc2)s1. The molecule has 0 aliphatic heterocycles. The van der Waals surface area contributed by atoms with Crippen LogP contribution in [-0.2, 0) is 17.6 Å². The van der Waals surface area contributed by atoms with Gasteiger partial charge >= 0.3 is 0 Å². The van der Waals surface area contributed by atoms with E-state index in [1.165, 1.54) is 15.3 Å². The smallest absolute Gasteiger partial charge is 0.0977 e. The molecule has 2 atom stereocenters. The summed E-state index contributed by atoms with van der Waals surface area (Å²) < 4.78 is 5.74. The molecule has 2 unspecified atom stereocenters.